The van der Waals surface area contributed by atoms with Gasteiger partial charge in [-0.2, -0.15) is 0 Å². The van der Waals surface area contributed by atoms with E-state index >= 15 is 0 Å². The molecule has 1 N–H and O–H groups in total. The van der Waals surface area contributed by atoms with Gasteiger partial charge in [-0.05, 0) is 42.7 Å². The quantitative estimate of drug-likeness (QED) is 0.908. The predicted molar refractivity (Wildman–Crippen MR) is 95.0 cm³/mol. The Labute approximate surface area is 142 Å². The van der Waals surface area contributed by atoms with Crippen molar-refractivity contribution >= 4 is 23.2 Å². The maximum Gasteiger partial charge on any atom is 0.224 e. The summed E-state index contributed by atoms with van der Waals surface area (Å²) in [6.45, 7) is 1.75. The van der Waals surface area contributed by atoms with Gasteiger partial charge in [0.2, 0.25) is 5.91 Å². The van der Waals surface area contributed by atoms with Crippen molar-refractivity contribution in [1.82, 2.24) is 5.32 Å². The first-order chi connectivity index (χ1) is 11.2. The van der Waals surface area contributed by atoms with E-state index in [0.29, 0.717) is 24.0 Å². The van der Waals surface area contributed by atoms with Crippen molar-refractivity contribution in [3.05, 3.63) is 65.2 Å². The number of hydrogen-bond acceptors (Lipinski definition) is 2. The number of para-hydroxylation sites is 1. The summed E-state index contributed by atoms with van der Waals surface area (Å²) in [5.41, 5.74) is 2.22. The minimum absolute atomic E-state index is 0.0623. The molecule has 1 fully saturated rings. The van der Waals surface area contributed by atoms with Crippen LogP contribution < -0.4 is 10.2 Å². The molecule has 1 aliphatic heterocycles. The second kappa shape index (κ2) is 7.51. The zero-order chi connectivity index (χ0) is 16.1. The average molecular weight is 329 g/mol. The largest absolute Gasteiger partial charge is 0.367 e. The number of anilines is 1. The Hall–Kier alpha value is -2.00. The zero-order valence-corrected chi connectivity index (χ0v) is 13.8. The van der Waals surface area contributed by atoms with Gasteiger partial charge in [0.05, 0.1) is 6.42 Å². The van der Waals surface area contributed by atoms with Crippen molar-refractivity contribution in [2.24, 2.45) is 0 Å². The fourth-order valence-corrected chi connectivity index (χ4v) is 3.22. The Morgan fingerprint density at radius 2 is 1.87 bits per heavy atom. The number of carbonyl (C=O) groups excluding carboxylic acids is 1. The van der Waals surface area contributed by atoms with Crippen molar-refractivity contribution in [2.45, 2.75) is 25.3 Å². The molecule has 3 rings (SSSR count). The second-order valence-corrected chi connectivity index (χ2v) is 6.37. The van der Waals surface area contributed by atoms with E-state index in [2.05, 4.69) is 34.5 Å². The molecule has 4 heteroatoms. The van der Waals surface area contributed by atoms with E-state index in [1.54, 1.807) is 0 Å². The van der Waals surface area contributed by atoms with Crippen molar-refractivity contribution in [2.75, 3.05) is 18.0 Å². The van der Waals surface area contributed by atoms with Crippen LogP contribution in [0.15, 0.2) is 54.6 Å². The summed E-state index contributed by atoms with van der Waals surface area (Å²) in [5.74, 6) is 0.0623. The summed E-state index contributed by atoms with van der Waals surface area (Å²) in [6.07, 6.45) is 2.69. The van der Waals surface area contributed by atoms with Gasteiger partial charge in [0, 0.05) is 29.8 Å². The first-order valence-electron chi connectivity index (χ1n) is 8.05. The molecule has 1 saturated heterocycles. The lowest BCUT2D eigenvalue weighted by molar-refractivity contribution is -0.120. The highest BCUT2D eigenvalue weighted by molar-refractivity contribution is 6.30. The molecule has 120 valence electrons. The van der Waals surface area contributed by atoms with Gasteiger partial charge >= 0.3 is 0 Å². The third-order valence-corrected chi connectivity index (χ3v) is 4.53. The summed E-state index contributed by atoms with van der Waals surface area (Å²) in [6, 6.07) is 18.2. The number of nitrogens with zero attached hydrogens (tertiary/aromatic N) is 1. The number of amides is 1. The number of halogens is 1. The Morgan fingerprint density at radius 1 is 1.13 bits per heavy atom. The van der Waals surface area contributed by atoms with Gasteiger partial charge in [0.25, 0.3) is 0 Å². The molecule has 23 heavy (non-hydrogen) atoms. The highest BCUT2D eigenvalue weighted by atomic mass is 35.5. The first kappa shape index (κ1) is 15.9. The average Bonchev–Trinajstić information content (AvgIpc) is 3.04. The molecule has 1 aliphatic rings. The molecule has 0 radical (unpaired) electrons. The molecule has 0 bridgehead atoms. The van der Waals surface area contributed by atoms with Crippen LogP contribution in [-0.2, 0) is 11.2 Å². The highest BCUT2D eigenvalue weighted by Gasteiger charge is 2.24. The van der Waals surface area contributed by atoms with Gasteiger partial charge in [-0.25, -0.2) is 0 Å². The number of carbonyl (C=O) groups is 1. The summed E-state index contributed by atoms with van der Waals surface area (Å²) in [7, 11) is 0. The molecule has 0 saturated carbocycles. The topological polar surface area (TPSA) is 32.3 Å². The van der Waals surface area contributed by atoms with Crippen LogP contribution in [0.4, 0.5) is 5.69 Å². The van der Waals surface area contributed by atoms with E-state index in [0.717, 1.165) is 18.5 Å². The maximum atomic E-state index is 12.1. The van der Waals surface area contributed by atoms with Crippen molar-refractivity contribution < 1.29 is 4.79 Å². The van der Waals surface area contributed by atoms with Crippen molar-refractivity contribution in [3.8, 4) is 0 Å². The van der Waals surface area contributed by atoms with Crippen molar-refractivity contribution in [3.63, 3.8) is 0 Å². The predicted octanol–water partition coefficient (Wildman–Crippen LogP) is 3.67. The fraction of sp³-hybridized carbons (Fsp3) is 0.316. The maximum absolute atomic E-state index is 12.1. The van der Waals surface area contributed by atoms with E-state index in [1.165, 1.54) is 12.1 Å². The van der Waals surface area contributed by atoms with E-state index in [4.69, 9.17) is 11.6 Å². The Balaban J connectivity index is 1.53. The summed E-state index contributed by atoms with van der Waals surface area (Å²) < 4.78 is 0. The van der Waals surface area contributed by atoms with Crippen LogP contribution >= 0.6 is 11.6 Å². The normalized spacial score (nSPS) is 17.3. The standard InChI is InChI=1S/C19H21ClN2O/c20-16-10-8-15(9-11-16)13-19(23)21-14-18-7-4-12-22(18)17-5-2-1-3-6-17/h1-3,5-6,8-11,18H,4,7,12-14H2,(H,21,23). The van der Waals surface area contributed by atoms with Crippen molar-refractivity contribution in [1.29, 1.82) is 0 Å². The van der Waals surface area contributed by atoms with E-state index < -0.39 is 0 Å². The van der Waals surface area contributed by atoms with Gasteiger partial charge in [-0.3, -0.25) is 4.79 Å². The first-order valence-corrected chi connectivity index (χ1v) is 8.43. The van der Waals surface area contributed by atoms with Crippen LogP contribution in [0.3, 0.4) is 0 Å². The molecule has 1 amide bonds. The van der Waals surface area contributed by atoms with Gasteiger partial charge in [-0.1, -0.05) is 41.9 Å². The summed E-state index contributed by atoms with van der Waals surface area (Å²) in [5, 5.41) is 3.77. The lowest BCUT2D eigenvalue weighted by Crippen LogP contribution is -2.40. The van der Waals surface area contributed by atoms with E-state index in [9.17, 15) is 4.79 Å². The fourth-order valence-electron chi connectivity index (χ4n) is 3.09. The number of nitrogens with one attached hydrogen (secondary N) is 1. The molecule has 1 unspecified atom stereocenters. The molecule has 3 nitrogen and oxygen atoms in total. The number of rotatable bonds is 5. The molecule has 0 spiro atoms. The smallest absolute Gasteiger partial charge is 0.224 e. The molecule has 2 aromatic carbocycles. The van der Waals surface area contributed by atoms with Gasteiger partial charge in [-0.15, -0.1) is 0 Å². The summed E-state index contributed by atoms with van der Waals surface area (Å²) in [4.78, 5) is 14.5. The minimum atomic E-state index is 0.0623. The molecule has 0 aliphatic carbocycles. The molecule has 0 aromatic heterocycles. The van der Waals surface area contributed by atoms with Gasteiger partial charge < -0.3 is 10.2 Å². The molecule has 1 atom stereocenters. The van der Waals surface area contributed by atoms with Gasteiger partial charge in [0.1, 0.15) is 0 Å². The van der Waals surface area contributed by atoms with E-state index in [-0.39, 0.29) is 5.91 Å². The number of benzene rings is 2. The SMILES string of the molecule is O=C(Cc1ccc(Cl)cc1)NCC1CCCN1c1ccccc1. The Kier molecular flexibility index (Phi) is 5.19. The van der Waals surface area contributed by atoms with Crippen LogP contribution in [0.5, 0.6) is 0 Å². The lowest BCUT2D eigenvalue weighted by atomic mass is 10.1. The third-order valence-electron chi connectivity index (χ3n) is 4.28. The zero-order valence-electron chi connectivity index (χ0n) is 13.0. The molecular weight excluding hydrogens is 308 g/mol. The Morgan fingerprint density at radius 3 is 2.61 bits per heavy atom. The van der Waals surface area contributed by atoms with Crippen LogP contribution in [0.25, 0.3) is 0 Å². The molecular formula is C19H21ClN2O. The van der Waals surface area contributed by atoms with Crippen LogP contribution in [0.2, 0.25) is 5.02 Å². The van der Waals surface area contributed by atoms with Crippen LogP contribution in [0.1, 0.15) is 18.4 Å². The molecule has 1 heterocycles. The lowest BCUT2D eigenvalue weighted by Gasteiger charge is -2.27. The summed E-state index contributed by atoms with van der Waals surface area (Å²) >= 11 is 5.86. The molecule has 2 aromatic rings. The second-order valence-electron chi connectivity index (χ2n) is 5.93. The van der Waals surface area contributed by atoms with Gasteiger partial charge in [0.15, 0.2) is 0 Å². The Bertz CT molecular complexity index is 642. The number of hydrogen-bond donors (Lipinski definition) is 1. The van der Waals surface area contributed by atoms with Crippen LogP contribution in [0, 0.1) is 0 Å². The monoisotopic (exact) mass is 328 g/mol. The highest BCUT2D eigenvalue weighted by Crippen LogP contribution is 2.24. The third kappa shape index (κ3) is 4.26. The van der Waals surface area contributed by atoms with Crippen LogP contribution in [-0.4, -0.2) is 25.0 Å². The van der Waals surface area contributed by atoms with E-state index in [1.807, 2.05) is 30.3 Å². The minimum Gasteiger partial charge on any atom is -0.367 e.